The van der Waals surface area contributed by atoms with Gasteiger partial charge >= 0.3 is 0 Å². The van der Waals surface area contributed by atoms with Crippen LogP contribution >= 0.6 is 0 Å². The molecule has 20 heavy (non-hydrogen) atoms. The summed E-state index contributed by atoms with van der Waals surface area (Å²) in [5, 5.41) is 8.65. The average molecular weight is 296 g/mol. The van der Waals surface area contributed by atoms with Gasteiger partial charge in [0.1, 0.15) is 5.75 Å². The van der Waals surface area contributed by atoms with Gasteiger partial charge in [-0.25, -0.2) is 13.6 Å². The second-order valence-electron chi connectivity index (χ2n) is 5.83. The highest BCUT2D eigenvalue weighted by atomic mass is 32.2. The Bertz CT molecular complexity index is 615. The molecule has 2 fully saturated rings. The fourth-order valence-corrected chi connectivity index (χ4v) is 4.14. The highest BCUT2D eigenvalue weighted by molar-refractivity contribution is 7.89. The quantitative estimate of drug-likeness (QED) is 0.889. The fourth-order valence-electron chi connectivity index (χ4n) is 3.60. The van der Waals surface area contributed by atoms with Crippen molar-refractivity contribution in [3.8, 4) is 5.75 Å². The maximum Gasteiger partial charge on any atom is 0.238 e. The molecule has 1 aromatic rings. The van der Waals surface area contributed by atoms with Gasteiger partial charge in [0.05, 0.1) is 17.7 Å². The molecule has 5 nitrogen and oxygen atoms in total. The Morgan fingerprint density at radius 2 is 2.10 bits per heavy atom. The van der Waals surface area contributed by atoms with Crippen LogP contribution in [0.2, 0.25) is 0 Å². The van der Waals surface area contributed by atoms with Gasteiger partial charge in [-0.05, 0) is 49.3 Å². The molecule has 2 aliphatic carbocycles. The molecule has 2 aliphatic rings. The van der Waals surface area contributed by atoms with E-state index >= 15 is 0 Å². The van der Waals surface area contributed by atoms with Crippen molar-refractivity contribution >= 4 is 15.7 Å². The molecule has 0 amide bonds. The third kappa shape index (κ3) is 2.50. The number of ether oxygens (including phenoxy) is 1. The second kappa shape index (κ2) is 4.93. The van der Waals surface area contributed by atoms with Gasteiger partial charge in [0.25, 0.3) is 0 Å². The number of fused-ring (bicyclic) bond motifs is 2. The first kappa shape index (κ1) is 13.7. The monoisotopic (exact) mass is 296 g/mol. The minimum Gasteiger partial charge on any atom is -0.495 e. The summed E-state index contributed by atoms with van der Waals surface area (Å²) in [7, 11) is -2.11. The van der Waals surface area contributed by atoms with Crippen molar-refractivity contribution in [1.29, 1.82) is 0 Å². The molecule has 0 radical (unpaired) electrons. The number of anilines is 1. The minimum absolute atomic E-state index is 0.115. The molecular weight excluding hydrogens is 276 g/mol. The second-order valence-corrected chi connectivity index (χ2v) is 7.39. The van der Waals surface area contributed by atoms with E-state index in [1.165, 1.54) is 25.3 Å². The summed E-state index contributed by atoms with van der Waals surface area (Å²) >= 11 is 0. The number of sulfonamides is 1. The summed E-state index contributed by atoms with van der Waals surface area (Å²) in [6.07, 6.45) is 5.04. The first-order valence-electron chi connectivity index (χ1n) is 6.95. The fraction of sp³-hybridized carbons (Fsp3) is 0.571. The van der Waals surface area contributed by atoms with E-state index in [1.807, 2.05) is 0 Å². The molecule has 0 saturated heterocycles. The molecule has 110 valence electrons. The summed E-state index contributed by atoms with van der Waals surface area (Å²) in [6, 6.07) is 5.11. The molecule has 3 N–H and O–H groups in total. The zero-order valence-corrected chi connectivity index (χ0v) is 12.3. The molecule has 2 saturated carbocycles. The lowest BCUT2D eigenvalue weighted by molar-refractivity contribution is 0.410. The summed E-state index contributed by atoms with van der Waals surface area (Å²) in [5.41, 5.74) is 0.719. The Morgan fingerprint density at radius 3 is 2.65 bits per heavy atom. The molecule has 0 heterocycles. The van der Waals surface area contributed by atoms with E-state index in [-0.39, 0.29) is 4.90 Å². The smallest absolute Gasteiger partial charge is 0.238 e. The highest BCUT2D eigenvalue weighted by Crippen LogP contribution is 2.46. The number of benzene rings is 1. The zero-order chi connectivity index (χ0) is 14.3. The van der Waals surface area contributed by atoms with E-state index in [4.69, 9.17) is 9.88 Å². The standard InChI is InChI=1S/C14H20N2O3S/c1-19-14-5-4-11(20(15,17)18)8-13(14)16-12-7-9-2-3-10(12)6-9/h4-5,8-10,12,16H,2-3,6-7H2,1H3,(H2,15,17,18). The van der Waals surface area contributed by atoms with Crippen LogP contribution in [-0.2, 0) is 10.0 Å². The lowest BCUT2D eigenvalue weighted by Gasteiger charge is -2.25. The molecule has 0 aromatic heterocycles. The van der Waals surface area contributed by atoms with Crippen LogP contribution in [0.4, 0.5) is 5.69 Å². The van der Waals surface area contributed by atoms with Gasteiger partial charge < -0.3 is 10.1 Å². The van der Waals surface area contributed by atoms with Crippen molar-refractivity contribution in [2.75, 3.05) is 12.4 Å². The lowest BCUT2D eigenvalue weighted by atomic mass is 9.95. The van der Waals surface area contributed by atoms with E-state index in [1.54, 1.807) is 19.2 Å². The van der Waals surface area contributed by atoms with Crippen molar-refractivity contribution in [2.45, 2.75) is 36.6 Å². The van der Waals surface area contributed by atoms with Crippen molar-refractivity contribution in [1.82, 2.24) is 0 Å². The minimum atomic E-state index is -3.69. The van der Waals surface area contributed by atoms with E-state index in [9.17, 15) is 8.42 Å². The normalized spacial score (nSPS) is 28.6. The van der Waals surface area contributed by atoms with Gasteiger partial charge in [-0.15, -0.1) is 0 Å². The van der Waals surface area contributed by atoms with Crippen LogP contribution in [-0.4, -0.2) is 21.6 Å². The number of methoxy groups -OCH3 is 1. The maximum atomic E-state index is 11.5. The van der Waals surface area contributed by atoms with E-state index in [0.29, 0.717) is 17.7 Å². The first-order chi connectivity index (χ1) is 9.47. The largest absolute Gasteiger partial charge is 0.495 e. The Hall–Kier alpha value is -1.27. The van der Waals surface area contributed by atoms with Gasteiger partial charge in [-0.1, -0.05) is 6.42 Å². The highest BCUT2D eigenvalue weighted by Gasteiger charge is 2.39. The topological polar surface area (TPSA) is 81.4 Å². The molecular formula is C14H20N2O3S. The summed E-state index contributed by atoms with van der Waals surface area (Å²) in [5.74, 6) is 2.17. The van der Waals surface area contributed by atoms with Crippen molar-refractivity contribution in [3.05, 3.63) is 18.2 Å². The van der Waals surface area contributed by atoms with Crippen LogP contribution in [0.25, 0.3) is 0 Å². The Kier molecular flexibility index (Phi) is 3.38. The zero-order valence-electron chi connectivity index (χ0n) is 11.5. The molecule has 6 heteroatoms. The van der Waals surface area contributed by atoms with Gasteiger partial charge in [-0.2, -0.15) is 0 Å². The van der Waals surface area contributed by atoms with E-state index in [0.717, 1.165) is 18.0 Å². The van der Waals surface area contributed by atoms with Crippen molar-refractivity contribution in [3.63, 3.8) is 0 Å². The number of nitrogens with one attached hydrogen (secondary N) is 1. The summed E-state index contributed by atoms with van der Waals surface area (Å²) < 4.78 is 28.2. The summed E-state index contributed by atoms with van der Waals surface area (Å²) in [4.78, 5) is 0.115. The van der Waals surface area contributed by atoms with Crippen LogP contribution in [0.5, 0.6) is 5.75 Å². The molecule has 3 atom stereocenters. The van der Waals surface area contributed by atoms with E-state index in [2.05, 4.69) is 5.32 Å². The molecule has 0 aliphatic heterocycles. The Labute approximate surface area is 119 Å². The number of nitrogens with two attached hydrogens (primary N) is 1. The number of primary sulfonamides is 1. The van der Waals surface area contributed by atoms with Gasteiger partial charge in [0.15, 0.2) is 0 Å². The number of hydrogen-bond donors (Lipinski definition) is 2. The maximum absolute atomic E-state index is 11.5. The predicted octanol–water partition coefficient (Wildman–Crippen LogP) is 1.94. The SMILES string of the molecule is COc1ccc(S(N)(=O)=O)cc1NC1CC2CCC1C2. The van der Waals surface area contributed by atoms with Crippen molar-refractivity contribution in [2.24, 2.45) is 17.0 Å². The van der Waals surface area contributed by atoms with Crippen LogP contribution < -0.4 is 15.2 Å². The van der Waals surface area contributed by atoms with Gasteiger partial charge in [-0.3, -0.25) is 0 Å². The Balaban J connectivity index is 1.87. The molecule has 3 unspecified atom stereocenters. The molecule has 3 rings (SSSR count). The average Bonchev–Trinajstić information content (AvgIpc) is 3.00. The predicted molar refractivity (Wildman–Crippen MR) is 77.2 cm³/mol. The molecule has 1 aromatic carbocycles. The first-order valence-corrected chi connectivity index (χ1v) is 8.49. The molecule has 2 bridgehead atoms. The van der Waals surface area contributed by atoms with Crippen molar-refractivity contribution < 1.29 is 13.2 Å². The summed E-state index contributed by atoms with van der Waals surface area (Å²) in [6.45, 7) is 0. The van der Waals surface area contributed by atoms with Crippen LogP contribution in [0.1, 0.15) is 25.7 Å². The number of hydrogen-bond acceptors (Lipinski definition) is 4. The van der Waals surface area contributed by atoms with E-state index < -0.39 is 10.0 Å². The van der Waals surface area contributed by atoms with Crippen LogP contribution in [0, 0.1) is 11.8 Å². The Morgan fingerprint density at radius 1 is 1.30 bits per heavy atom. The van der Waals surface area contributed by atoms with Gasteiger partial charge in [0, 0.05) is 6.04 Å². The van der Waals surface area contributed by atoms with Crippen LogP contribution in [0.15, 0.2) is 23.1 Å². The third-order valence-corrected chi connectivity index (χ3v) is 5.49. The van der Waals surface area contributed by atoms with Crippen LogP contribution in [0.3, 0.4) is 0 Å². The van der Waals surface area contributed by atoms with Gasteiger partial charge in [0.2, 0.25) is 10.0 Å². The third-order valence-electron chi connectivity index (χ3n) is 4.58. The molecule has 0 spiro atoms. The lowest BCUT2D eigenvalue weighted by Crippen LogP contribution is -2.26. The number of rotatable bonds is 4.